The Kier molecular flexibility index (Phi) is 16.0. The molecule has 0 bridgehead atoms. The summed E-state index contributed by atoms with van der Waals surface area (Å²) in [6.07, 6.45) is 1.33. The molecule has 0 fully saturated rings. The summed E-state index contributed by atoms with van der Waals surface area (Å²) < 4.78 is 28.0. The number of nitrogens with one attached hydrogen (secondary N) is 1. The van der Waals surface area contributed by atoms with Crippen molar-refractivity contribution in [2.24, 2.45) is 0 Å². The summed E-state index contributed by atoms with van der Waals surface area (Å²) in [6.45, 7) is 1.87. The maximum Gasteiger partial charge on any atom is 0.264 e. The molecule has 0 saturated heterocycles. The zero-order valence-electron chi connectivity index (χ0n) is 7.70. The molecule has 0 heterocycles. The Hall–Kier alpha value is -0.200. The second-order valence-electron chi connectivity index (χ2n) is 2.14. The largest absolute Gasteiger partial charge is 0.323 e. The number of unbranched alkanes of at least 4 members (excludes halogenated alkanes) is 1. The van der Waals surface area contributed by atoms with Gasteiger partial charge in [0.1, 0.15) is 0 Å². The third-order valence-corrected chi connectivity index (χ3v) is 1.56. The molecule has 0 atom stereocenters. The molecule has 0 unspecified atom stereocenters. The standard InChI is InChI=1S/C4H10O3S.C2H7N.FH/c1-2-3-4-8(5,6)7;1-3-2;/h2-4H2,1H3,(H,5,6,7);3H,1-2H3;1H. The quantitative estimate of drug-likeness (QED) is 0.661. The highest BCUT2D eigenvalue weighted by Gasteiger charge is 2.00. The van der Waals surface area contributed by atoms with Crippen molar-refractivity contribution in [1.29, 1.82) is 0 Å². The van der Waals surface area contributed by atoms with Crippen LogP contribution in [0.3, 0.4) is 0 Å². The molecule has 78 valence electrons. The third kappa shape index (κ3) is 32.9. The van der Waals surface area contributed by atoms with Crippen LogP contribution >= 0.6 is 0 Å². The lowest BCUT2D eigenvalue weighted by molar-refractivity contribution is 0.480. The fourth-order valence-electron chi connectivity index (χ4n) is 0.327. The highest BCUT2D eigenvalue weighted by Crippen LogP contribution is 1.90. The van der Waals surface area contributed by atoms with Gasteiger partial charge in [-0.2, -0.15) is 8.42 Å². The van der Waals surface area contributed by atoms with Crippen LogP contribution in [-0.2, 0) is 10.1 Å². The molecule has 0 aliphatic heterocycles. The lowest BCUT2D eigenvalue weighted by atomic mass is 10.4. The molecule has 2 N–H and O–H groups in total. The van der Waals surface area contributed by atoms with E-state index in [0.717, 1.165) is 6.42 Å². The summed E-state index contributed by atoms with van der Waals surface area (Å²) in [5, 5.41) is 2.75. The van der Waals surface area contributed by atoms with Crippen LogP contribution in [0, 0.1) is 0 Å². The van der Waals surface area contributed by atoms with E-state index in [1.54, 1.807) is 0 Å². The van der Waals surface area contributed by atoms with Crippen LogP contribution in [-0.4, -0.2) is 32.8 Å². The molecule has 4 nitrogen and oxygen atoms in total. The summed E-state index contributed by atoms with van der Waals surface area (Å²) >= 11 is 0. The minimum absolute atomic E-state index is 0. The highest BCUT2D eigenvalue weighted by atomic mass is 32.2. The summed E-state index contributed by atoms with van der Waals surface area (Å²) in [4.78, 5) is 0. The van der Waals surface area contributed by atoms with Crippen molar-refractivity contribution in [3.8, 4) is 0 Å². The van der Waals surface area contributed by atoms with Crippen molar-refractivity contribution in [2.45, 2.75) is 19.8 Å². The van der Waals surface area contributed by atoms with Crippen molar-refractivity contribution in [2.75, 3.05) is 19.8 Å². The van der Waals surface area contributed by atoms with Crippen LogP contribution < -0.4 is 5.32 Å². The van der Waals surface area contributed by atoms with E-state index < -0.39 is 10.1 Å². The molecule has 0 amide bonds. The van der Waals surface area contributed by atoms with Crippen LogP contribution in [0.25, 0.3) is 0 Å². The molecule has 0 rings (SSSR count). The van der Waals surface area contributed by atoms with E-state index in [1.807, 2.05) is 21.0 Å². The van der Waals surface area contributed by atoms with Gasteiger partial charge in [-0.05, 0) is 20.5 Å². The fourth-order valence-corrected chi connectivity index (χ4v) is 0.980. The molecule has 0 spiro atoms. The van der Waals surface area contributed by atoms with Crippen molar-refractivity contribution in [3.63, 3.8) is 0 Å². The van der Waals surface area contributed by atoms with Gasteiger partial charge in [0.25, 0.3) is 10.1 Å². The van der Waals surface area contributed by atoms with E-state index in [0.29, 0.717) is 6.42 Å². The Morgan fingerprint density at radius 1 is 1.33 bits per heavy atom. The van der Waals surface area contributed by atoms with Gasteiger partial charge in [0.2, 0.25) is 0 Å². The Morgan fingerprint density at radius 2 is 1.67 bits per heavy atom. The molecule has 0 aromatic carbocycles. The first-order valence-corrected chi connectivity index (χ1v) is 5.12. The van der Waals surface area contributed by atoms with Crippen molar-refractivity contribution >= 4 is 10.1 Å². The van der Waals surface area contributed by atoms with Gasteiger partial charge in [-0.25, -0.2) is 0 Å². The number of halogens is 1. The third-order valence-electron chi connectivity index (χ3n) is 0.756. The van der Waals surface area contributed by atoms with Gasteiger partial charge < -0.3 is 5.32 Å². The average Bonchev–Trinajstić information content (AvgIpc) is 1.84. The fraction of sp³-hybridized carbons (Fsp3) is 1.00. The van der Waals surface area contributed by atoms with E-state index in [9.17, 15) is 8.42 Å². The monoisotopic (exact) mass is 203 g/mol. The minimum atomic E-state index is -3.69. The lowest BCUT2D eigenvalue weighted by Gasteiger charge is -1.90. The molecular weight excluding hydrogens is 185 g/mol. The maximum absolute atomic E-state index is 9.95. The van der Waals surface area contributed by atoms with Crippen molar-refractivity contribution < 1.29 is 17.7 Å². The van der Waals surface area contributed by atoms with Gasteiger partial charge in [0.05, 0.1) is 5.75 Å². The van der Waals surface area contributed by atoms with Crippen molar-refractivity contribution in [3.05, 3.63) is 0 Å². The molecule has 12 heavy (non-hydrogen) atoms. The number of rotatable bonds is 3. The number of hydrogen-bond donors (Lipinski definition) is 2. The zero-order chi connectivity index (χ0) is 9.33. The Balaban J connectivity index is -0.000000177. The van der Waals surface area contributed by atoms with E-state index in [1.165, 1.54) is 0 Å². The molecule has 0 aromatic rings. The minimum Gasteiger partial charge on any atom is -0.323 e. The van der Waals surface area contributed by atoms with Crippen LogP contribution in [0.15, 0.2) is 0 Å². The maximum atomic E-state index is 9.95. The normalized spacial score (nSPS) is 9.33. The molecule has 0 saturated carbocycles. The average molecular weight is 203 g/mol. The number of hydrogen-bond acceptors (Lipinski definition) is 3. The van der Waals surface area contributed by atoms with Gasteiger partial charge >= 0.3 is 0 Å². The van der Waals surface area contributed by atoms with Crippen molar-refractivity contribution in [1.82, 2.24) is 5.32 Å². The molecule has 0 aliphatic rings. The van der Waals surface area contributed by atoms with E-state index >= 15 is 0 Å². The first-order valence-electron chi connectivity index (χ1n) is 3.51. The van der Waals surface area contributed by atoms with E-state index in [4.69, 9.17) is 4.55 Å². The lowest BCUT2D eigenvalue weighted by Crippen LogP contribution is -2.02. The Labute approximate surface area is 73.5 Å². The highest BCUT2D eigenvalue weighted by molar-refractivity contribution is 7.85. The van der Waals surface area contributed by atoms with E-state index in [2.05, 4.69) is 5.32 Å². The molecule has 0 radical (unpaired) electrons. The van der Waals surface area contributed by atoms with Crippen LogP contribution in [0.5, 0.6) is 0 Å². The molecular formula is C6H18FNO3S. The SMILES string of the molecule is CCCCS(=O)(=O)O.CNC.F. The smallest absolute Gasteiger partial charge is 0.264 e. The first-order chi connectivity index (χ1) is 4.97. The van der Waals surface area contributed by atoms with Gasteiger partial charge in [0, 0.05) is 0 Å². The van der Waals surface area contributed by atoms with Gasteiger partial charge in [-0.3, -0.25) is 9.26 Å². The van der Waals surface area contributed by atoms with Gasteiger partial charge in [-0.1, -0.05) is 13.3 Å². The topological polar surface area (TPSA) is 66.4 Å². The summed E-state index contributed by atoms with van der Waals surface area (Å²) in [5.74, 6) is -0.108. The second kappa shape index (κ2) is 10.8. The van der Waals surface area contributed by atoms with Crippen LogP contribution in [0.4, 0.5) is 4.70 Å². The molecule has 0 aliphatic carbocycles. The summed E-state index contributed by atoms with van der Waals surface area (Å²) in [6, 6.07) is 0. The Bertz CT molecular complexity index is 158. The first kappa shape index (κ1) is 17.8. The molecule has 0 aromatic heterocycles. The van der Waals surface area contributed by atoms with Crippen LogP contribution in [0.1, 0.15) is 19.8 Å². The molecule has 6 heteroatoms. The predicted molar refractivity (Wildman–Crippen MR) is 48.8 cm³/mol. The van der Waals surface area contributed by atoms with Crippen LogP contribution in [0.2, 0.25) is 0 Å². The summed E-state index contributed by atoms with van der Waals surface area (Å²) in [7, 11) is 0.0637. The second-order valence-corrected chi connectivity index (χ2v) is 3.71. The van der Waals surface area contributed by atoms with E-state index in [-0.39, 0.29) is 10.5 Å². The zero-order valence-corrected chi connectivity index (χ0v) is 8.52. The summed E-state index contributed by atoms with van der Waals surface area (Å²) in [5.41, 5.74) is 0. The van der Waals surface area contributed by atoms with Gasteiger partial charge in [0.15, 0.2) is 0 Å². The van der Waals surface area contributed by atoms with Gasteiger partial charge in [-0.15, -0.1) is 0 Å². The predicted octanol–water partition coefficient (Wildman–Crippen LogP) is 0.662. The Morgan fingerprint density at radius 3 is 1.75 bits per heavy atom.